The van der Waals surface area contributed by atoms with Crippen molar-refractivity contribution in [3.8, 4) is 5.75 Å². The summed E-state index contributed by atoms with van der Waals surface area (Å²) in [6.07, 6.45) is 2.97. The van der Waals surface area contributed by atoms with Gasteiger partial charge in [0.1, 0.15) is 5.75 Å². The molecule has 0 aliphatic carbocycles. The number of rotatable bonds is 3. The van der Waals surface area contributed by atoms with Crippen LogP contribution < -0.4 is 10.1 Å². The van der Waals surface area contributed by atoms with E-state index in [9.17, 15) is 9.59 Å². The average Bonchev–Trinajstić information content (AvgIpc) is 2.47. The molecule has 7 heteroatoms. The minimum Gasteiger partial charge on any atom is -0.497 e. The highest BCUT2D eigenvalue weighted by atomic mass is 79.9. The molecule has 0 radical (unpaired) electrons. The predicted octanol–water partition coefficient (Wildman–Crippen LogP) is 3.19. The predicted molar refractivity (Wildman–Crippen MR) is 84.4 cm³/mol. The lowest BCUT2D eigenvalue weighted by Crippen LogP contribution is -2.31. The van der Waals surface area contributed by atoms with Gasteiger partial charge in [0.15, 0.2) is 0 Å². The highest BCUT2D eigenvalue weighted by Crippen LogP contribution is 2.23. The number of carbonyl (C=O) groups is 2. The van der Waals surface area contributed by atoms with Crippen LogP contribution in [0.25, 0.3) is 0 Å². The highest BCUT2D eigenvalue weighted by Gasteiger charge is 2.17. The second-order valence-electron chi connectivity index (χ2n) is 3.99. The summed E-state index contributed by atoms with van der Waals surface area (Å²) in [4.78, 5) is 28.1. The molecule has 5 nitrogen and oxygen atoms in total. The molecule has 0 saturated carbocycles. The third-order valence-electron chi connectivity index (χ3n) is 2.66. The van der Waals surface area contributed by atoms with Crippen LogP contribution in [0.1, 0.15) is 20.7 Å². The summed E-state index contributed by atoms with van der Waals surface area (Å²) in [6, 6.07) is 6.46. The van der Waals surface area contributed by atoms with Crippen molar-refractivity contribution < 1.29 is 14.3 Å². The number of carbonyl (C=O) groups excluding carboxylic acids is 2. The number of ether oxygens (including phenoxy) is 1. The van der Waals surface area contributed by atoms with Crippen LogP contribution in [0.3, 0.4) is 0 Å². The number of methoxy groups -OCH3 is 1. The zero-order chi connectivity index (χ0) is 15.4. The third-order valence-corrected chi connectivity index (χ3v) is 3.86. The number of halogens is 2. The Morgan fingerprint density at radius 2 is 1.62 bits per heavy atom. The Labute approximate surface area is 138 Å². The van der Waals surface area contributed by atoms with E-state index in [-0.39, 0.29) is 0 Å². The second-order valence-corrected chi connectivity index (χ2v) is 5.70. The van der Waals surface area contributed by atoms with E-state index in [2.05, 4.69) is 42.2 Å². The van der Waals surface area contributed by atoms with Gasteiger partial charge in [-0.05, 0) is 56.1 Å². The molecule has 1 N–H and O–H groups in total. The van der Waals surface area contributed by atoms with Gasteiger partial charge in [0.25, 0.3) is 11.8 Å². The molecule has 0 saturated heterocycles. The molecule has 0 atom stereocenters. The van der Waals surface area contributed by atoms with E-state index in [4.69, 9.17) is 4.74 Å². The van der Waals surface area contributed by atoms with Crippen LogP contribution in [-0.2, 0) is 0 Å². The second kappa shape index (κ2) is 6.82. The number of pyridine rings is 1. The van der Waals surface area contributed by atoms with Crippen molar-refractivity contribution in [1.29, 1.82) is 0 Å². The van der Waals surface area contributed by atoms with E-state index in [0.717, 1.165) is 0 Å². The lowest BCUT2D eigenvalue weighted by Gasteiger charge is -2.08. The van der Waals surface area contributed by atoms with Gasteiger partial charge in [-0.2, -0.15) is 0 Å². The van der Waals surface area contributed by atoms with Gasteiger partial charge < -0.3 is 4.74 Å². The van der Waals surface area contributed by atoms with Crippen LogP contribution in [0.15, 0.2) is 45.6 Å². The molecule has 1 heterocycles. The maximum Gasteiger partial charge on any atom is 0.260 e. The Balaban J connectivity index is 2.17. The molecule has 0 unspecified atom stereocenters. The lowest BCUT2D eigenvalue weighted by atomic mass is 10.2. The summed E-state index contributed by atoms with van der Waals surface area (Å²) < 4.78 is 6.01. The van der Waals surface area contributed by atoms with Crippen LogP contribution in [0.2, 0.25) is 0 Å². The first kappa shape index (κ1) is 15.7. The molecule has 0 bridgehead atoms. The zero-order valence-electron chi connectivity index (χ0n) is 10.9. The lowest BCUT2D eigenvalue weighted by molar-refractivity contribution is 0.0848. The van der Waals surface area contributed by atoms with Crippen molar-refractivity contribution >= 4 is 43.7 Å². The number of hydrogen-bond donors (Lipinski definition) is 1. The van der Waals surface area contributed by atoms with E-state index >= 15 is 0 Å². The molecule has 2 aromatic rings. The Morgan fingerprint density at radius 1 is 1.05 bits per heavy atom. The largest absolute Gasteiger partial charge is 0.497 e. The molecule has 0 aliphatic heterocycles. The Hall–Kier alpha value is -1.73. The smallest absolute Gasteiger partial charge is 0.260 e. The minimum absolute atomic E-state index is 0.312. The van der Waals surface area contributed by atoms with Crippen LogP contribution in [0.5, 0.6) is 5.75 Å². The minimum atomic E-state index is -0.517. The Morgan fingerprint density at radius 3 is 2.14 bits per heavy atom. The number of hydrogen-bond acceptors (Lipinski definition) is 4. The molecule has 1 aromatic heterocycles. The molecule has 1 aromatic carbocycles. The first-order valence-electron chi connectivity index (χ1n) is 5.81. The number of benzene rings is 1. The van der Waals surface area contributed by atoms with Crippen LogP contribution in [0, 0.1) is 0 Å². The zero-order valence-corrected chi connectivity index (χ0v) is 14.1. The van der Waals surface area contributed by atoms with Gasteiger partial charge >= 0.3 is 0 Å². The normalized spacial score (nSPS) is 10.0. The van der Waals surface area contributed by atoms with Crippen molar-refractivity contribution in [2.24, 2.45) is 0 Å². The molecule has 108 valence electrons. The number of nitrogens with zero attached hydrogens (tertiary/aromatic N) is 1. The number of nitrogens with one attached hydrogen (secondary N) is 1. The van der Waals surface area contributed by atoms with Crippen LogP contribution in [0.4, 0.5) is 0 Å². The molecule has 2 rings (SSSR count). The van der Waals surface area contributed by atoms with Crippen molar-refractivity contribution in [2.75, 3.05) is 7.11 Å². The SMILES string of the molecule is COc1ccc(C(=O)NC(=O)c2c(Br)cncc2Br)cc1. The fourth-order valence-corrected chi connectivity index (χ4v) is 2.90. The summed E-state index contributed by atoms with van der Waals surface area (Å²) in [6.45, 7) is 0. The monoisotopic (exact) mass is 412 g/mol. The van der Waals surface area contributed by atoms with Gasteiger partial charge in [-0.1, -0.05) is 0 Å². The van der Waals surface area contributed by atoms with E-state index in [0.29, 0.717) is 25.8 Å². The molecular formula is C14H10Br2N2O3. The van der Waals surface area contributed by atoms with Gasteiger partial charge in [0.05, 0.1) is 12.7 Å². The topological polar surface area (TPSA) is 68.3 Å². The molecule has 0 spiro atoms. The summed E-state index contributed by atoms with van der Waals surface area (Å²) in [5.41, 5.74) is 0.678. The number of aromatic nitrogens is 1. The van der Waals surface area contributed by atoms with Gasteiger partial charge in [-0.3, -0.25) is 19.9 Å². The number of amides is 2. The van der Waals surface area contributed by atoms with E-state index in [1.165, 1.54) is 19.5 Å². The van der Waals surface area contributed by atoms with Crippen molar-refractivity contribution in [3.63, 3.8) is 0 Å². The third kappa shape index (κ3) is 3.68. The van der Waals surface area contributed by atoms with Gasteiger partial charge in [-0.25, -0.2) is 0 Å². The molecule has 0 aliphatic rings. The fourth-order valence-electron chi connectivity index (χ4n) is 1.61. The van der Waals surface area contributed by atoms with Crippen molar-refractivity contribution in [1.82, 2.24) is 10.3 Å². The Bertz CT molecular complexity index is 667. The molecule has 2 amide bonds. The molecule has 0 fully saturated rings. The summed E-state index contributed by atoms with van der Waals surface area (Å²) in [5.74, 6) is -0.368. The maximum atomic E-state index is 12.1. The average molecular weight is 414 g/mol. The number of imide groups is 1. The Kier molecular flexibility index (Phi) is 5.08. The first-order valence-corrected chi connectivity index (χ1v) is 7.40. The van der Waals surface area contributed by atoms with Crippen LogP contribution >= 0.6 is 31.9 Å². The van der Waals surface area contributed by atoms with Gasteiger partial charge in [-0.15, -0.1) is 0 Å². The van der Waals surface area contributed by atoms with Gasteiger partial charge in [0.2, 0.25) is 0 Å². The first-order chi connectivity index (χ1) is 10.0. The maximum absolute atomic E-state index is 12.1. The summed E-state index contributed by atoms with van der Waals surface area (Å²) >= 11 is 6.46. The van der Waals surface area contributed by atoms with Crippen molar-refractivity contribution in [3.05, 3.63) is 56.7 Å². The summed E-state index contributed by atoms with van der Waals surface area (Å²) in [5, 5.41) is 2.33. The summed E-state index contributed by atoms with van der Waals surface area (Å²) in [7, 11) is 1.54. The fraction of sp³-hybridized carbons (Fsp3) is 0.0714. The molecular weight excluding hydrogens is 404 g/mol. The highest BCUT2D eigenvalue weighted by molar-refractivity contribution is 9.11. The van der Waals surface area contributed by atoms with Crippen LogP contribution in [-0.4, -0.2) is 23.9 Å². The standard InChI is InChI=1S/C14H10Br2N2O3/c1-21-9-4-2-8(3-5-9)13(19)18-14(20)12-10(15)6-17-7-11(12)16/h2-7H,1H3,(H,18,19,20). The quantitative estimate of drug-likeness (QED) is 0.784. The van der Waals surface area contributed by atoms with Crippen molar-refractivity contribution in [2.45, 2.75) is 0 Å². The van der Waals surface area contributed by atoms with E-state index in [1.54, 1.807) is 24.3 Å². The van der Waals surface area contributed by atoms with Gasteiger partial charge in [0, 0.05) is 26.9 Å². The van der Waals surface area contributed by atoms with E-state index < -0.39 is 11.8 Å². The molecule has 21 heavy (non-hydrogen) atoms. The van der Waals surface area contributed by atoms with E-state index in [1.807, 2.05) is 0 Å².